The zero-order chi connectivity index (χ0) is 20.3. The second-order valence-electron chi connectivity index (χ2n) is 7.69. The fourth-order valence-corrected chi connectivity index (χ4v) is 4.09. The number of rotatable bonds is 6. The molecule has 3 rings (SSSR count). The number of hydrogen-bond acceptors (Lipinski definition) is 4. The van der Waals surface area contributed by atoms with Crippen LogP contribution in [0.1, 0.15) is 69.7 Å². The average Bonchev–Trinajstić information content (AvgIpc) is 2.71. The van der Waals surface area contributed by atoms with Crippen molar-refractivity contribution in [1.82, 2.24) is 4.90 Å². The lowest BCUT2D eigenvalue weighted by molar-refractivity contribution is -0.136. The SMILES string of the molecule is CCCC(=O)c1ccc2c(c1)N(CC(=O)N1CCCCC1CC)C(=O)C(C)O2. The van der Waals surface area contributed by atoms with E-state index in [1.807, 2.05) is 11.8 Å². The van der Waals surface area contributed by atoms with Crippen molar-refractivity contribution in [2.45, 2.75) is 71.4 Å². The number of likely N-dealkylation sites (tertiary alicyclic amines) is 1. The van der Waals surface area contributed by atoms with Gasteiger partial charge in [0.1, 0.15) is 12.3 Å². The number of nitrogens with zero attached hydrogens (tertiary/aromatic N) is 2. The molecule has 1 aromatic carbocycles. The molecule has 0 saturated carbocycles. The van der Waals surface area contributed by atoms with Crippen molar-refractivity contribution in [1.29, 1.82) is 0 Å². The maximum atomic E-state index is 13.0. The number of carbonyl (C=O) groups excluding carboxylic acids is 3. The molecular formula is C22H30N2O4. The minimum absolute atomic E-state index is 0.0124. The van der Waals surface area contributed by atoms with Crippen LogP contribution in [-0.2, 0) is 9.59 Å². The molecule has 28 heavy (non-hydrogen) atoms. The van der Waals surface area contributed by atoms with Crippen LogP contribution in [0.2, 0.25) is 0 Å². The topological polar surface area (TPSA) is 66.9 Å². The van der Waals surface area contributed by atoms with Crippen molar-refractivity contribution in [3.8, 4) is 5.75 Å². The molecule has 1 saturated heterocycles. The van der Waals surface area contributed by atoms with Crippen LogP contribution in [0, 0.1) is 0 Å². The summed E-state index contributed by atoms with van der Waals surface area (Å²) in [6.07, 6.45) is 4.64. The summed E-state index contributed by atoms with van der Waals surface area (Å²) in [4.78, 5) is 41.6. The number of ketones is 1. The van der Waals surface area contributed by atoms with E-state index in [1.54, 1.807) is 25.1 Å². The predicted octanol–water partition coefficient (Wildman–Crippen LogP) is 3.57. The third-order valence-electron chi connectivity index (χ3n) is 5.68. The molecule has 0 bridgehead atoms. The number of benzene rings is 1. The Morgan fingerprint density at radius 3 is 2.71 bits per heavy atom. The van der Waals surface area contributed by atoms with Gasteiger partial charge in [0.05, 0.1) is 5.69 Å². The fourth-order valence-electron chi connectivity index (χ4n) is 4.09. The summed E-state index contributed by atoms with van der Waals surface area (Å²) in [5, 5.41) is 0. The van der Waals surface area contributed by atoms with E-state index >= 15 is 0 Å². The van der Waals surface area contributed by atoms with Crippen molar-refractivity contribution in [2.75, 3.05) is 18.0 Å². The van der Waals surface area contributed by atoms with Gasteiger partial charge < -0.3 is 9.64 Å². The Balaban J connectivity index is 1.87. The van der Waals surface area contributed by atoms with Gasteiger partial charge in [-0.2, -0.15) is 0 Å². The zero-order valence-electron chi connectivity index (χ0n) is 17.1. The molecule has 2 aliphatic rings. The smallest absolute Gasteiger partial charge is 0.268 e. The maximum absolute atomic E-state index is 13.0. The fraction of sp³-hybridized carbons (Fsp3) is 0.591. The molecule has 1 aromatic rings. The van der Waals surface area contributed by atoms with Crippen LogP contribution in [0.25, 0.3) is 0 Å². The molecule has 0 N–H and O–H groups in total. The molecule has 2 aliphatic heterocycles. The number of carbonyl (C=O) groups is 3. The van der Waals surface area contributed by atoms with Gasteiger partial charge in [-0.3, -0.25) is 19.3 Å². The molecule has 2 atom stereocenters. The minimum Gasteiger partial charge on any atom is -0.479 e. The van der Waals surface area contributed by atoms with Crippen molar-refractivity contribution >= 4 is 23.3 Å². The molecule has 2 unspecified atom stereocenters. The largest absolute Gasteiger partial charge is 0.479 e. The highest BCUT2D eigenvalue weighted by molar-refractivity contribution is 6.05. The van der Waals surface area contributed by atoms with Crippen molar-refractivity contribution < 1.29 is 19.1 Å². The van der Waals surface area contributed by atoms with Crippen molar-refractivity contribution in [3.63, 3.8) is 0 Å². The Hall–Kier alpha value is -2.37. The monoisotopic (exact) mass is 386 g/mol. The molecule has 2 amide bonds. The van der Waals surface area contributed by atoms with E-state index in [9.17, 15) is 14.4 Å². The summed E-state index contributed by atoms with van der Waals surface area (Å²) in [7, 11) is 0. The second kappa shape index (κ2) is 8.76. The Morgan fingerprint density at radius 1 is 1.21 bits per heavy atom. The predicted molar refractivity (Wildman–Crippen MR) is 108 cm³/mol. The van der Waals surface area contributed by atoms with Gasteiger partial charge in [0.25, 0.3) is 5.91 Å². The van der Waals surface area contributed by atoms with Crippen LogP contribution in [0.15, 0.2) is 18.2 Å². The number of amides is 2. The molecule has 0 aromatic heterocycles. The van der Waals surface area contributed by atoms with Gasteiger partial charge in [0.2, 0.25) is 5.91 Å². The van der Waals surface area contributed by atoms with Gasteiger partial charge in [0.15, 0.2) is 11.9 Å². The normalized spacial score (nSPS) is 21.9. The van der Waals surface area contributed by atoms with E-state index in [0.717, 1.165) is 38.6 Å². The summed E-state index contributed by atoms with van der Waals surface area (Å²) >= 11 is 0. The standard InChI is InChI=1S/C22H30N2O4/c1-4-8-19(25)16-10-11-20-18(13-16)24(22(27)15(3)28-20)14-21(26)23-12-7-6-9-17(23)5-2/h10-11,13,15,17H,4-9,12,14H2,1-3H3. The summed E-state index contributed by atoms with van der Waals surface area (Å²) in [5.41, 5.74) is 1.07. The highest BCUT2D eigenvalue weighted by Crippen LogP contribution is 2.35. The number of anilines is 1. The van der Waals surface area contributed by atoms with Gasteiger partial charge in [-0.1, -0.05) is 13.8 Å². The van der Waals surface area contributed by atoms with Gasteiger partial charge in [0, 0.05) is 24.6 Å². The van der Waals surface area contributed by atoms with E-state index in [2.05, 4.69) is 6.92 Å². The first kappa shape index (κ1) is 20.4. The summed E-state index contributed by atoms with van der Waals surface area (Å²) in [5.74, 6) is 0.291. The lowest BCUT2D eigenvalue weighted by atomic mass is 9.99. The second-order valence-corrected chi connectivity index (χ2v) is 7.69. The minimum atomic E-state index is -0.652. The first-order valence-electron chi connectivity index (χ1n) is 10.4. The molecule has 6 heteroatoms. The van der Waals surface area contributed by atoms with Gasteiger partial charge in [-0.25, -0.2) is 0 Å². The van der Waals surface area contributed by atoms with Gasteiger partial charge in [-0.15, -0.1) is 0 Å². The van der Waals surface area contributed by atoms with E-state index in [-0.39, 0.29) is 30.2 Å². The average molecular weight is 386 g/mol. The summed E-state index contributed by atoms with van der Waals surface area (Å²) in [6, 6.07) is 5.40. The molecule has 0 radical (unpaired) electrons. The number of piperidine rings is 1. The van der Waals surface area contributed by atoms with Crippen LogP contribution < -0.4 is 9.64 Å². The number of ether oxygens (including phenoxy) is 1. The third kappa shape index (κ3) is 4.05. The molecule has 1 fully saturated rings. The van der Waals surface area contributed by atoms with Crippen LogP contribution in [0.5, 0.6) is 5.75 Å². The zero-order valence-corrected chi connectivity index (χ0v) is 17.1. The van der Waals surface area contributed by atoms with E-state index in [4.69, 9.17) is 4.74 Å². The number of fused-ring (bicyclic) bond motifs is 1. The van der Waals surface area contributed by atoms with E-state index in [0.29, 0.717) is 23.4 Å². The molecule has 152 valence electrons. The lowest BCUT2D eigenvalue weighted by Gasteiger charge is -2.38. The molecule has 0 spiro atoms. The molecule has 6 nitrogen and oxygen atoms in total. The summed E-state index contributed by atoms with van der Waals surface area (Å²) < 4.78 is 5.71. The van der Waals surface area contributed by atoms with E-state index < -0.39 is 6.10 Å². The highest BCUT2D eigenvalue weighted by atomic mass is 16.5. The number of hydrogen-bond donors (Lipinski definition) is 0. The van der Waals surface area contributed by atoms with Crippen LogP contribution >= 0.6 is 0 Å². The van der Waals surface area contributed by atoms with Crippen LogP contribution in [0.4, 0.5) is 5.69 Å². The Kier molecular flexibility index (Phi) is 6.37. The lowest BCUT2D eigenvalue weighted by Crippen LogP contribution is -2.52. The molecule has 0 aliphatic carbocycles. The first-order chi connectivity index (χ1) is 13.5. The first-order valence-corrected chi connectivity index (χ1v) is 10.4. The van der Waals surface area contributed by atoms with E-state index in [1.165, 1.54) is 4.90 Å². The third-order valence-corrected chi connectivity index (χ3v) is 5.68. The van der Waals surface area contributed by atoms with Crippen LogP contribution in [0.3, 0.4) is 0 Å². The quantitative estimate of drug-likeness (QED) is 0.701. The maximum Gasteiger partial charge on any atom is 0.268 e. The summed E-state index contributed by atoms with van der Waals surface area (Å²) in [6.45, 7) is 6.47. The highest BCUT2D eigenvalue weighted by Gasteiger charge is 2.35. The molecule has 2 heterocycles. The Labute approximate surface area is 166 Å². The van der Waals surface area contributed by atoms with Crippen LogP contribution in [-0.4, -0.2) is 47.7 Å². The van der Waals surface area contributed by atoms with Crippen molar-refractivity contribution in [2.24, 2.45) is 0 Å². The van der Waals surface area contributed by atoms with Gasteiger partial charge >= 0.3 is 0 Å². The molecular weight excluding hydrogens is 356 g/mol. The number of Topliss-reactive ketones (excluding diaryl/α,β-unsaturated/α-hetero) is 1. The Morgan fingerprint density at radius 2 is 2.00 bits per heavy atom. The van der Waals surface area contributed by atoms with Gasteiger partial charge in [-0.05, 0) is 57.2 Å². The Bertz CT molecular complexity index is 761. The van der Waals surface area contributed by atoms with Crippen molar-refractivity contribution in [3.05, 3.63) is 23.8 Å².